The SMILES string of the molecule is Cc1cccc(NC(=O)C2CCCN(CC(=O)Nc3cccc(CN4CCSCC4)c3)C2)n1. The molecule has 2 aliphatic rings. The number of amides is 2. The smallest absolute Gasteiger partial charge is 0.238 e. The van der Waals surface area contributed by atoms with E-state index in [1.807, 2.05) is 43.0 Å². The molecule has 1 atom stereocenters. The Morgan fingerprint density at radius 2 is 1.88 bits per heavy atom. The Morgan fingerprint density at radius 1 is 1.06 bits per heavy atom. The molecule has 3 heterocycles. The van der Waals surface area contributed by atoms with Gasteiger partial charge in [-0.05, 0) is 56.1 Å². The molecule has 7 nitrogen and oxygen atoms in total. The van der Waals surface area contributed by atoms with Gasteiger partial charge in [-0.1, -0.05) is 18.2 Å². The van der Waals surface area contributed by atoms with E-state index >= 15 is 0 Å². The second kappa shape index (κ2) is 11.6. The molecule has 1 unspecified atom stereocenters. The number of anilines is 2. The van der Waals surface area contributed by atoms with Crippen molar-refractivity contribution in [1.29, 1.82) is 0 Å². The minimum absolute atomic E-state index is 0.0259. The second-order valence-electron chi connectivity index (χ2n) is 8.86. The highest BCUT2D eigenvalue weighted by Crippen LogP contribution is 2.19. The number of carbonyl (C=O) groups excluding carboxylic acids is 2. The van der Waals surface area contributed by atoms with E-state index in [9.17, 15) is 9.59 Å². The molecule has 2 fully saturated rings. The number of nitrogens with one attached hydrogen (secondary N) is 2. The summed E-state index contributed by atoms with van der Waals surface area (Å²) in [6, 6.07) is 13.7. The molecular weight excluding hydrogens is 434 g/mol. The van der Waals surface area contributed by atoms with Gasteiger partial charge in [0, 0.05) is 49.1 Å². The van der Waals surface area contributed by atoms with Crippen LogP contribution < -0.4 is 10.6 Å². The van der Waals surface area contributed by atoms with Gasteiger partial charge in [-0.15, -0.1) is 0 Å². The van der Waals surface area contributed by atoms with Crippen LogP contribution >= 0.6 is 11.8 Å². The lowest BCUT2D eigenvalue weighted by Gasteiger charge is -2.31. The van der Waals surface area contributed by atoms with Crippen molar-refractivity contribution in [3.63, 3.8) is 0 Å². The fraction of sp³-hybridized carbons (Fsp3) is 0.480. The normalized spacial score (nSPS) is 19.7. The number of aryl methyl sites for hydroxylation is 1. The molecule has 1 aromatic heterocycles. The van der Waals surface area contributed by atoms with Crippen molar-refractivity contribution in [2.45, 2.75) is 26.3 Å². The molecule has 176 valence electrons. The van der Waals surface area contributed by atoms with E-state index in [4.69, 9.17) is 0 Å². The van der Waals surface area contributed by atoms with Gasteiger partial charge in [0.2, 0.25) is 11.8 Å². The number of aromatic nitrogens is 1. The molecule has 0 radical (unpaired) electrons. The quantitative estimate of drug-likeness (QED) is 0.651. The Hall–Kier alpha value is -2.42. The first-order valence-corrected chi connectivity index (χ1v) is 12.9. The Kier molecular flexibility index (Phi) is 8.36. The van der Waals surface area contributed by atoms with Crippen molar-refractivity contribution >= 4 is 35.1 Å². The summed E-state index contributed by atoms with van der Waals surface area (Å²) < 4.78 is 0. The first-order chi connectivity index (χ1) is 16.0. The number of thioether (sulfide) groups is 1. The Labute approximate surface area is 200 Å². The van der Waals surface area contributed by atoms with Crippen molar-refractivity contribution in [3.05, 3.63) is 53.7 Å². The highest BCUT2D eigenvalue weighted by atomic mass is 32.2. The number of hydrogen-bond acceptors (Lipinski definition) is 6. The molecule has 1 aromatic carbocycles. The van der Waals surface area contributed by atoms with Crippen molar-refractivity contribution in [2.24, 2.45) is 5.92 Å². The number of carbonyl (C=O) groups is 2. The second-order valence-corrected chi connectivity index (χ2v) is 10.1. The topological polar surface area (TPSA) is 77.6 Å². The summed E-state index contributed by atoms with van der Waals surface area (Å²) in [5.41, 5.74) is 2.92. The van der Waals surface area contributed by atoms with E-state index < -0.39 is 0 Å². The van der Waals surface area contributed by atoms with Gasteiger partial charge in [0.15, 0.2) is 0 Å². The van der Waals surface area contributed by atoms with E-state index in [0.29, 0.717) is 18.9 Å². The first-order valence-electron chi connectivity index (χ1n) is 11.7. The summed E-state index contributed by atoms with van der Waals surface area (Å²) in [5, 5.41) is 5.97. The third-order valence-electron chi connectivity index (χ3n) is 6.10. The number of hydrogen-bond donors (Lipinski definition) is 2. The average Bonchev–Trinajstić information content (AvgIpc) is 2.80. The lowest BCUT2D eigenvalue weighted by Crippen LogP contribution is -2.44. The summed E-state index contributed by atoms with van der Waals surface area (Å²) in [7, 11) is 0. The van der Waals surface area contributed by atoms with Crippen LogP contribution in [0.4, 0.5) is 11.5 Å². The monoisotopic (exact) mass is 467 g/mol. The van der Waals surface area contributed by atoms with Crippen molar-refractivity contribution in [2.75, 3.05) is 54.9 Å². The summed E-state index contributed by atoms with van der Waals surface area (Å²) in [5.74, 6) is 2.75. The van der Waals surface area contributed by atoms with Crippen molar-refractivity contribution < 1.29 is 9.59 Å². The zero-order chi connectivity index (χ0) is 23.0. The van der Waals surface area contributed by atoms with Gasteiger partial charge in [0.25, 0.3) is 0 Å². The Morgan fingerprint density at radius 3 is 2.70 bits per heavy atom. The van der Waals surface area contributed by atoms with Crippen LogP contribution in [0.25, 0.3) is 0 Å². The van der Waals surface area contributed by atoms with Gasteiger partial charge in [-0.2, -0.15) is 11.8 Å². The largest absolute Gasteiger partial charge is 0.325 e. The fourth-order valence-corrected chi connectivity index (χ4v) is 5.40. The molecule has 4 rings (SSSR count). The van der Waals surface area contributed by atoms with Gasteiger partial charge in [-0.3, -0.25) is 19.4 Å². The van der Waals surface area contributed by atoms with Crippen LogP contribution in [0.5, 0.6) is 0 Å². The van der Waals surface area contributed by atoms with Crippen LogP contribution in [0.2, 0.25) is 0 Å². The van der Waals surface area contributed by atoms with Crippen LogP contribution in [0.15, 0.2) is 42.5 Å². The minimum Gasteiger partial charge on any atom is -0.325 e. The molecular formula is C25H33N5O2S. The van der Waals surface area contributed by atoms with Crippen LogP contribution in [-0.4, -0.2) is 70.8 Å². The van der Waals surface area contributed by atoms with E-state index in [2.05, 4.69) is 37.6 Å². The highest BCUT2D eigenvalue weighted by molar-refractivity contribution is 7.99. The van der Waals surface area contributed by atoms with Gasteiger partial charge in [0.05, 0.1) is 12.5 Å². The molecule has 0 bridgehead atoms. The van der Waals surface area contributed by atoms with Crippen LogP contribution in [0.1, 0.15) is 24.1 Å². The molecule has 2 saturated heterocycles. The van der Waals surface area contributed by atoms with Crippen molar-refractivity contribution in [1.82, 2.24) is 14.8 Å². The Bertz CT molecular complexity index is 963. The summed E-state index contributed by atoms with van der Waals surface area (Å²) in [6.07, 6.45) is 1.73. The van der Waals surface area contributed by atoms with Crippen molar-refractivity contribution in [3.8, 4) is 0 Å². The number of piperidine rings is 1. The lowest BCUT2D eigenvalue weighted by molar-refractivity contribution is -0.123. The molecule has 2 aromatic rings. The molecule has 2 amide bonds. The van der Waals surface area contributed by atoms with E-state index in [1.54, 1.807) is 6.07 Å². The van der Waals surface area contributed by atoms with Crippen LogP contribution in [0.3, 0.4) is 0 Å². The van der Waals surface area contributed by atoms with Crippen LogP contribution in [0, 0.1) is 12.8 Å². The molecule has 0 aliphatic carbocycles. The first kappa shape index (κ1) is 23.7. The number of nitrogens with zero attached hydrogens (tertiary/aromatic N) is 3. The average molecular weight is 468 g/mol. The van der Waals surface area contributed by atoms with E-state index in [1.165, 1.54) is 17.1 Å². The molecule has 2 N–H and O–H groups in total. The zero-order valence-corrected chi connectivity index (χ0v) is 20.1. The molecule has 2 aliphatic heterocycles. The number of benzene rings is 1. The lowest BCUT2D eigenvalue weighted by atomic mass is 9.97. The maximum absolute atomic E-state index is 12.7. The van der Waals surface area contributed by atoms with E-state index in [-0.39, 0.29) is 17.7 Å². The highest BCUT2D eigenvalue weighted by Gasteiger charge is 2.27. The maximum atomic E-state index is 12.7. The van der Waals surface area contributed by atoms with Gasteiger partial charge >= 0.3 is 0 Å². The van der Waals surface area contributed by atoms with E-state index in [0.717, 1.165) is 50.4 Å². The van der Waals surface area contributed by atoms with Crippen LogP contribution in [-0.2, 0) is 16.1 Å². The summed E-state index contributed by atoms with van der Waals surface area (Å²) in [6.45, 7) is 6.75. The molecule has 0 saturated carbocycles. The minimum atomic E-state index is -0.139. The van der Waals surface area contributed by atoms with Gasteiger partial charge in [-0.25, -0.2) is 4.98 Å². The predicted molar refractivity (Wildman–Crippen MR) is 134 cm³/mol. The maximum Gasteiger partial charge on any atom is 0.238 e. The Balaban J connectivity index is 1.26. The fourth-order valence-electron chi connectivity index (χ4n) is 4.42. The number of pyridine rings is 1. The van der Waals surface area contributed by atoms with Gasteiger partial charge < -0.3 is 10.6 Å². The number of likely N-dealkylation sites (tertiary alicyclic amines) is 1. The predicted octanol–water partition coefficient (Wildman–Crippen LogP) is 3.23. The van der Waals surface area contributed by atoms with Gasteiger partial charge in [0.1, 0.15) is 5.82 Å². The summed E-state index contributed by atoms with van der Waals surface area (Å²) in [4.78, 5) is 34.3. The molecule has 8 heteroatoms. The standard InChI is InChI=1S/C25H33N5O2S/c1-19-5-2-9-23(26-19)28-25(32)21-7-4-10-30(17-21)18-24(31)27-22-8-3-6-20(15-22)16-29-11-13-33-14-12-29/h2-3,5-6,8-9,15,21H,4,7,10-14,16-18H2,1H3,(H,27,31)(H,26,28,32). The molecule has 33 heavy (non-hydrogen) atoms. The zero-order valence-electron chi connectivity index (χ0n) is 19.3. The number of rotatable bonds is 7. The molecule has 0 spiro atoms. The third-order valence-corrected chi connectivity index (χ3v) is 7.05. The summed E-state index contributed by atoms with van der Waals surface area (Å²) >= 11 is 2.01. The third kappa shape index (κ3) is 7.28.